The molecule has 10 heteroatoms. The van der Waals surface area contributed by atoms with Crippen LogP contribution in [-0.4, -0.2) is 42.0 Å². The minimum Gasteiger partial charge on any atom is -0.460 e. The Bertz CT molecular complexity index is 1730. The summed E-state index contributed by atoms with van der Waals surface area (Å²) in [4.78, 5) is 49.8. The molecule has 2 aromatic carbocycles. The van der Waals surface area contributed by atoms with Crippen molar-refractivity contribution < 1.29 is 42.5 Å². The standard InChI is InChI=1S/C34H36O10/c1-17(2)8-9-22-14-21(10-13-27(22)39-20(5)35)25(36)16-24-15-23-11-12-26(18(3)28(23)41-31(24)37)40-32-30-29(42-33(38)43-30)19(4)34(6,7)44-32/h8,10-15,19,29-30,32H,9,16H2,1-7H3/t19-,29+,30?,32-/m1/s1. The molecule has 3 aromatic rings. The summed E-state index contributed by atoms with van der Waals surface area (Å²) in [6, 6.07) is 9.93. The molecule has 0 spiro atoms. The predicted octanol–water partition coefficient (Wildman–Crippen LogP) is 6.01. The maximum Gasteiger partial charge on any atom is 0.509 e. The van der Waals surface area contributed by atoms with Gasteiger partial charge in [-0.3, -0.25) is 9.59 Å². The maximum absolute atomic E-state index is 13.3. The zero-order chi connectivity index (χ0) is 31.9. The van der Waals surface area contributed by atoms with Crippen LogP contribution in [0.5, 0.6) is 11.5 Å². The number of carbonyl (C=O) groups is 3. The third-order valence-corrected chi connectivity index (χ3v) is 8.20. The summed E-state index contributed by atoms with van der Waals surface area (Å²) < 4.78 is 34.1. The van der Waals surface area contributed by atoms with Gasteiger partial charge >= 0.3 is 17.8 Å². The maximum atomic E-state index is 13.3. The van der Waals surface area contributed by atoms with Gasteiger partial charge in [-0.2, -0.15) is 0 Å². The van der Waals surface area contributed by atoms with Crippen LogP contribution in [-0.2, 0) is 31.8 Å². The van der Waals surface area contributed by atoms with Crippen molar-refractivity contribution in [1.82, 2.24) is 0 Å². The van der Waals surface area contributed by atoms with Gasteiger partial charge in [-0.25, -0.2) is 9.59 Å². The number of hydrogen-bond donors (Lipinski definition) is 0. The fraction of sp³-hybridized carbons (Fsp3) is 0.412. The van der Waals surface area contributed by atoms with Crippen LogP contribution in [0.15, 0.2) is 57.3 Å². The molecular weight excluding hydrogens is 568 g/mol. The highest BCUT2D eigenvalue weighted by atomic mass is 16.8. The molecule has 1 unspecified atom stereocenters. The second-order valence-corrected chi connectivity index (χ2v) is 12.1. The highest BCUT2D eigenvalue weighted by Gasteiger charge is 2.56. The molecule has 0 saturated carbocycles. The molecule has 2 saturated heterocycles. The predicted molar refractivity (Wildman–Crippen MR) is 160 cm³/mol. The molecule has 1 aromatic heterocycles. The Kier molecular flexibility index (Phi) is 8.40. The van der Waals surface area contributed by atoms with Crippen molar-refractivity contribution in [1.29, 1.82) is 0 Å². The van der Waals surface area contributed by atoms with Gasteiger partial charge < -0.3 is 28.1 Å². The van der Waals surface area contributed by atoms with Gasteiger partial charge in [0.2, 0.25) is 12.4 Å². The van der Waals surface area contributed by atoms with Crippen LogP contribution < -0.4 is 15.1 Å². The van der Waals surface area contributed by atoms with E-state index in [1.54, 1.807) is 43.3 Å². The second-order valence-electron chi connectivity index (χ2n) is 12.1. The van der Waals surface area contributed by atoms with E-state index >= 15 is 0 Å². The van der Waals surface area contributed by atoms with E-state index in [1.807, 2.05) is 40.7 Å². The molecule has 2 fully saturated rings. The van der Waals surface area contributed by atoms with Gasteiger partial charge in [0.15, 0.2) is 11.9 Å². The molecule has 2 aliphatic heterocycles. The Hall–Kier alpha value is -4.44. The first kappa shape index (κ1) is 31.0. The molecule has 0 N–H and O–H groups in total. The van der Waals surface area contributed by atoms with Gasteiger partial charge in [0.05, 0.1) is 5.60 Å². The van der Waals surface area contributed by atoms with Crippen molar-refractivity contribution in [3.63, 3.8) is 0 Å². The SMILES string of the molecule is CC(=O)Oc1ccc(C(=O)Cc2cc3ccc(O[C@@H]4OC(C)(C)[C@H](C)[C@@H]5OC(=O)OC45)c(C)c3oc2=O)cc1CC=C(C)C. The Morgan fingerprint density at radius 1 is 0.955 bits per heavy atom. The van der Waals surface area contributed by atoms with E-state index in [0.717, 1.165) is 5.57 Å². The minimum absolute atomic E-state index is 0.133. The van der Waals surface area contributed by atoms with Crippen molar-refractivity contribution in [2.75, 3.05) is 0 Å². The molecule has 4 atom stereocenters. The molecule has 5 rings (SSSR count). The summed E-state index contributed by atoms with van der Waals surface area (Å²) in [6.45, 7) is 12.7. The Morgan fingerprint density at radius 3 is 2.36 bits per heavy atom. The topological polar surface area (TPSA) is 128 Å². The van der Waals surface area contributed by atoms with Gasteiger partial charge in [-0.1, -0.05) is 18.6 Å². The molecule has 2 aliphatic rings. The second kappa shape index (κ2) is 11.9. The van der Waals surface area contributed by atoms with Crippen molar-refractivity contribution in [2.24, 2.45) is 5.92 Å². The highest BCUT2D eigenvalue weighted by Crippen LogP contribution is 2.41. The fourth-order valence-electron chi connectivity index (χ4n) is 5.42. The van der Waals surface area contributed by atoms with E-state index in [-0.39, 0.29) is 23.7 Å². The lowest BCUT2D eigenvalue weighted by molar-refractivity contribution is -0.260. The quantitative estimate of drug-likeness (QED) is 0.0991. The number of allylic oxidation sites excluding steroid dienone is 2. The van der Waals surface area contributed by atoms with Gasteiger partial charge in [0, 0.05) is 41.3 Å². The molecule has 3 heterocycles. The van der Waals surface area contributed by atoms with Crippen LogP contribution in [0.3, 0.4) is 0 Å². The van der Waals surface area contributed by atoms with Crippen LogP contribution in [0.25, 0.3) is 11.0 Å². The van der Waals surface area contributed by atoms with Gasteiger partial charge in [0.25, 0.3) is 0 Å². The van der Waals surface area contributed by atoms with Crippen LogP contribution in [0.2, 0.25) is 0 Å². The number of esters is 1. The number of benzene rings is 2. The number of fused-ring (bicyclic) bond motifs is 2. The van der Waals surface area contributed by atoms with Gasteiger partial charge in [-0.05, 0) is 83.0 Å². The summed E-state index contributed by atoms with van der Waals surface area (Å²) >= 11 is 0. The molecule has 10 nitrogen and oxygen atoms in total. The lowest BCUT2D eigenvalue weighted by Crippen LogP contribution is -2.58. The number of ketones is 1. The minimum atomic E-state index is -0.939. The van der Waals surface area contributed by atoms with E-state index in [2.05, 4.69) is 0 Å². The lowest BCUT2D eigenvalue weighted by atomic mass is 9.82. The lowest BCUT2D eigenvalue weighted by Gasteiger charge is -2.44. The van der Waals surface area contributed by atoms with Gasteiger partial charge in [0.1, 0.15) is 17.1 Å². The van der Waals surface area contributed by atoms with Crippen molar-refractivity contribution in [3.05, 3.63) is 80.7 Å². The van der Waals surface area contributed by atoms with Crippen LogP contribution in [0, 0.1) is 12.8 Å². The van der Waals surface area contributed by atoms with Crippen molar-refractivity contribution in [3.8, 4) is 11.5 Å². The first-order valence-corrected chi connectivity index (χ1v) is 14.5. The Morgan fingerprint density at radius 2 is 1.66 bits per heavy atom. The molecular formula is C34H36O10. The number of hydrogen-bond acceptors (Lipinski definition) is 10. The molecule has 0 aliphatic carbocycles. The summed E-state index contributed by atoms with van der Waals surface area (Å²) in [5.41, 5.74) is 1.90. The third kappa shape index (κ3) is 6.26. The first-order chi connectivity index (χ1) is 20.7. The molecule has 0 amide bonds. The Labute approximate surface area is 254 Å². The smallest absolute Gasteiger partial charge is 0.460 e. The normalized spacial score (nSPS) is 22.0. The zero-order valence-corrected chi connectivity index (χ0v) is 25.8. The number of aryl methyl sites for hydroxylation is 1. The average molecular weight is 605 g/mol. The molecule has 0 radical (unpaired) electrons. The van der Waals surface area contributed by atoms with Gasteiger partial charge in [-0.15, -0.1) is 0 Å². The van der Waals surface area contributed by atoms with Crippen molar-refractivity contribution in [2.45, 2.75) is 85.4 Å². The third-order valence-electron chi connectivity index (χ3n) is 8.20. The van der Waals surface area contributed by atoms with Crippen molar-refractivity contribution >= 4 is 28.9 Å². The van der Waals surface area contributed by atoms with E-state index in [4.69, 9.17) is 28.1 Å². The van der Waals surface area contributed by atoms with E-state index in [9.17, 15) is 19.2 Å². The number of ether oxygens (including phenoxy) is 5. The van der Waals surface area contributed by atoms with E-state index in [0.29, 0.717) is 45.6 Å². The summed E-state index contributed by atoms with van der Waals surface area (Å²) in [5, 5.41) is 0.610. The van der Waals surface area contributed by atoms with Crippen LogP contribution >= 0.6 is 0 Å². The van der Waals surface area contributed by atoms with E-state index < -0.39 is 41.8 Å². The largest absolute Gasteiger partial charge is 0.509 e. The Balaban J connectivity index is 1.39. The zero-order valence-electron chi connectivity index (χ0n) is 25.8. The average Bonchev–Trinajstić information content (AvgIpc) is 3.34. The molecule has 232 valence electrons. The van der Waals surface area contributed by atoms with E-state index in [1.165, 1.54) is 6.92 Å². The summed E-state index contributed by atoms with van der Waals surface area (Å²) in [5.74, 6) is -0.0961. The highest BCUT2D eigenvalue weighted by molar-refractivity contribution is 5.98. The first-order valence-electron chi connectivity index (χ1n) is 14.5. The van der Waals surface area contributed by atoms with Crippen LogP contribution in [0.1, 0.15) is 68.6 Å². The molecule has 0 bridgehead atoms. The summed E-state index contributed by atoms with van der Waals surface area (Å²) in [7, 11) is 0. The monoisotopic (exact) mass is 604 g/mol. The number of Topliss-reactive ketones (excluding diaryl/α,β-unsaturated/α-hetero) is 1. The summed E-state index contributed by atoms with van der Waals surface area (Å²) in [6.07, 6.45) is -0.720. The number of rotatable bonds is 8. The molecule has 44 heavy (non-hydrogen) atoms. The fourth-order valence-corrected chi connectivity index (χ4v) is 5.42. The number of carbonyl (C=O) groups excluding carboxylic acids is 3. The van der Waals surface area contributed by atoms with Crippen LogP contribution in [0.4, 0.5) is 4.79 Å².